The van der Waals surface area contributed by atoms with Crippen LogP contribution in [0.15, 0.2) is 16.9 Å². The van der Waals surface area contributed by atoms with Crippen molar-refractivity contribution in [1.29, 1.82) is 0 Å². The number of cyclic esters (lactones) is 1. The third-order valence-electron chi connectivity index (χ3n) is 4.71. The number of hydrogen-bond acceptors (Lipinski definition) is 6. The smallest absolute Gasteiger partial charge is 0.475 e. The van der Waals surface area contributed by atoms with Crippen LogP contribution >= 0.6 is 15.9 Å². The number of piperidine rings is 1. The molecular weight excluding hydrogens is 482 g/mol. The molecule has 2 fully saturated rings. The molecule has 8 nitrogen and oxygen atoms in total. The number of ether oxygens (including phenoxy) is 1. The van der Waals surface area contributed by atoms with Crippen LogP contribution in [0.4, 0.5) is 17.6 Å². The summed E-state index contributed by atoms with van der Waals surface area (Å²) >= 11 is 2.95. The van der Waals surface area contributed by atoms with Gasteiger partial charge in [-0.05, 0) is 47.9 Å². The number of pyridine rings is 1. The molecule has 0 radical (unpaired) electrons. The van der Waals surface area contributed by atoms with E-state index in [0.29, 0.717) is 6.42 Å². The molecular formula is C17H18BrF4N3O5. The Morgan fingerprint density at radius 2 is 1.97 bits per heavy atom. The second kappa shape index (κ2) is 9.69. The van der Waals surface area contributed by atoms with Gasteiger partial charge in [0.1, 0.15) is 10.7 Å². The van der Waals surface area contributed by atoms with Crippen molar-refractivity contribution in [2.24, 2.45) is 5.41 Å². The van der Waals surface area contributed by atoms with E-state index >= 15 is 0 Å². The van der Waals surface area contributed by atoms with Gasteiger partial charge in [0.15, 0.2) is 5.82 Å². The van der Waals surface area contributed by atoms with Crippen molar-refractivity contribution in [3.8, 4) is 0 Å². The Labute approximate surface area is 176 Å². The summed E-state index contributed by atoms with van der Waals surface area (Å²) in [5.74, 6) is -4.19. The van der Waals surface area contributed by atoms with Crippen LogP contribution in [0, 0.1) is 11.2 Å². The summed E-state index contributed by atoms with van der Waals surface area (Å²) in [6, 6.07) is 1.31. The summed E-state index contributed by atoms with van der Waals surface area (Å²) in [5.41, 5.74) is -0.515. The highest BCUT2D eigenvalue weighted by Gasteiger charge is 2.49. The van der Waals surface area contributed by atoms with Crippen molar-refractivity contribution < 1.29 is 41.8 Å². The van der Waals surface area contributed by atoms with Gasteiger partial charge in [-0.1, -0.05) is 0 Å². The number of carbonyl (C=O) groups is 3. The largest absolute Gasteiger partial charge is 0.490 e. The topological polar surface area (TPSA) is 118 Å². The number of amides is 1. The number of alkyl halides is 3. The van der Waals surface area contributed by atoms with Crippen molar-refractivity contribution in [1.82, 2.24) is 15.6 Å². The molecule has 3 heterocycles. The number of nitrogens with one attached hydrogen (secondary N) is 2. The van der Waals surface area contributed by atoms with Crippen molar-refractivity contribution in [2.45, 2.75) is 31.5 Å². The Bertz CT molecular complexity index is 815. The fourth-order valence-corrected chi connectivity index (χ4v) is 3.49. The summed E-state index contributed by atoms with van der Waals surface area (Å²) in [6.45, 7) is 1.77. The minimum Gasteiger partial charge on any atom is -0.475 e. The number of carboxylic acid groups (broad SMARTS) is 1. The lowest BCUT2D eigenvalue weighted by Gasteiger charge is -2.29. The molecule has 3 N–H and O–H groups in total. The van der Waals surface area contributed by atoms with E-state index in [-0.39, 0.29) is 28.8 Å². The van der Waals surface area contributed by atoms with Crippen molar-refractivity contribution in [3.63, 3.8) is 0 Å². The summed E-state index contributed by atoms with van der Waals surface area (Å²) in [5, 5.41) is 13.0. The van der Waals surface area contributed by atoms with E-state index < -0.39 is 29.3 Å². The van der Waals surface area contributed by atoms with Gasteiger partial charge in [0.05, 0.1) is 17.5 Å². The Kier molecular flexibility index (Phi) is 7.75. The molecule has 2 aliphatic rings. The van der Waals surface area contributed by atoms with Crippen LogP contribution in [0.3, 0.4) is 0 Å². The number of carboxylic acids is 1. The Hall–Kier alpha value is -2.28. The molecule has 1 aromatic rings. The van der Waals surface area contributed by atoms with Crippen molar-refractivity contribution in [2.75, 3.05) is 19.6 Å². The summed E-state index contributed by atoms with van der Waals surface area (Å²) in [6.07, 6.45) is -2.00. The molecule has 0 aliphatic carbocycles. The van der Waals surface area contributed by atoms with E-state index in [1.54, 1.807) is 0 Å². The lowest BCUT2D eigenvalue weighted by Crippen LogP contribution is -2.39. The Balaban J connectivity index is 0.000000396. The highest BCUT2D eigenvalue weighted by atomic mass is 79.9. The van der Waals surface area contributed by atoms with Gasteiger partial charge in [-0.25, -0.2) is 14.2 Å². The molecule has 3 rings (SSSR count). The molecule has 166 valence electrons. The molecule has 13 heteroatoms. The summed E-state index contributed by atoms with van der Waals surface area (Å²) < 4.78 is 51.0. The normalized spacial score (nSPS) is 20.2. The minimum atomic E-state index is -5.08. The molecule has 1 unspecified atom stereocenters. The van der Waals surface area contributed by atoms with Gasteiger partial charge >= 0.3 is 18.1 Å². The first-order valence-electron chi connectivity index (χ1n) is 8.76. The first kappa shape index (κ1) is 24.0. The third-order valence-corrected chi connectivity index (χ3v) is 5.26. The van der Waals surface area contributed by atoms with Crippen LogP contribution in [-0.2, 0) is 14.3 Å². The minimum absolute atomic E-state index is 0.00824. The van der Waals surface area contributed by atoms with Crippen LogP contribution in [0.25, 0.3) is 0 Å². The Morgan fingerprint density at radius 3 is 2.53 bits per heavy atom. The summed E-state index contributed by atoms with van der Waals surface area (Å²) in [4.78, 5) is 36.8. The van der Waals surface area contributed by atoms with Gasteiger partial charge in [-0.2, -0.15) is 13.2 Å². The number of nitrogens with zero attached hydrogens (tertiary/aromatic N) is 1. The second-order valence-electron chi connectivity index (χ2n) is 6.74. The molecule has 2 aliphatic heterocycles. The predicted molar refractivity (Wildman–Crippen MR) is 97.0 cm³/mol. The van der Waals surface area contributed by atoms with E-state index in [2.05, 4.69) is 31.5 Å². The zero-order valence-corrected chi connectivity index (χ0v) is 17.0. The van der Waals surface area contributed by atoms with E-state index in [1.165, 1.54) is 12.3 Å². The molecule has 1 aromatic heterocycles. The summed E-state index contributed by atoms with van der Waals surface area (Å²) in [7, 11) is 0. The number of carbonyl (C=O) groups excluding carboxylic acids is 2. The highest BCUT2D eigenvalue weighted by Crippen LogP contribution is 2.41. The van der Waals surface area contributed by atoms with Gasteiger partial charge in [0.2, 0.25) is 0 Å². The van der Waals surface area contributed by atoms with E-state index in [0.717, 1.165) is 25.9 Å². The van der Waals surface area contributed by atoms with Crippen molar-refractivity contribution in [3.05, 3.63) is 28.2 Å². The van der Waals surface area contributed by atoms with Crippen molar-refractivity contribution >= 4 is 33.8 Å². The molecule has 0 aromatic carbocycles. The Morgan fingerprint density at radius 1 is 1.37 bits per heavy atom. The number of aromatic nitrogens is 1. The highest BCUT2D eigenvalue weighted by molar-refractivity contribution is 9.10. The standard InChI is InChI=1S/C15H17BrFN3O3.C2HF3O2/c16-12-11(17)10(1-4-19-12)13(21)20-8-9-7-15(14(22)23-9)2-5-18-6-3-15;3-2(4,5)1(6)7/h1,4,9,18H,2-3,5-8H2,(H,20,21);(H,6,7). The predicted octanol–water partition coefficient (Wildman–Crippen LogP) is 2.03. The average Bonchev–Trinajstić information content (AvgIpc) is 2.97. The third kappa shape index (κ3) is 5.88. The average molecular weight is 500 g/mol. The molecule has 30 heavy (non-hydrogen) atoms. The quantitative estimate of drug-likeness (QED) is 0.331. The number of halogens is 5. The number of esters is 1. The molecule has 0 bridgehead atoms. The van der Waals surface area contributed by atoms with Crippen LogP contribution in [-0.4, -0.2) is 59.9 Å². The molecule has 1 atom stereocenters. The SMILES string of the molecule is O=C(NCC1CC2(CCNCC2)C(=O)O1)c1ccnc(Br)c1F.O=C(O)C(F)(F)F. The zero-order chi connectivity index (χ0) is 22.5. The lowest BCUT2D eigenvalue weighted by molar-refractivity contribution is -0.192. The maximum absolute atomic E-state index is 13.8. The number of aliphatic carboxylic acids is 1. The lowest BCUT2D eigenvalue weighted by atomic mass is 9.76. The first-order chi connectivity index (χ1) is 14.0. The van der Waals surface area contributed by atoms with E-state index in [9.17, 15) is 27.2 Å². The zero-order valence-electron chi connectivity index (χ0n) is 15.4. The number of hydrogen-bond donors (Lipinski definition) is 3. The van der Waals surface area contributed by atoms with Gasteiger partial charge < -0.3 is 20.5 Å². The molecule has 2 saturated heterocycles. The second-order valence-corrected chi connectivity index (χ2v) is 7.49. The fourth-order valence-electron chi connectivity index (χ4n) is 3.16. The fraction of sp³-hybridized carbons (Fsp3) is 0.529. The van der Waals surface area contributed by atoms with Crippen LogP contribution < -0.4 is 10.6 Å². The first-order valence-corrected chi connectivity index (χ1v) is 9.56. The monoisotopic (exact) mass is 499 g/mol. The van der Waals surface area contributed by atoms with Crippen LogP contribution in [0.1, 0.15) is 29.6 Å². The number of rotatable bonds is 3. The van der Waals surface area contributed by atoms with Crippen LogP contribution in [0.2, 0.25) is 0 Å². The van der Waals surface area contributed by atoms with Crippen LogP contribution in [0.5, 0.6) is 0 Å². The maximum Gasteiger partial charge on any atom is 0.490 e. The van der Waals surface area contributed by atoms with Gasteiger partial charge in [0.25, 0.3) is 5.91 Å². The van der Waals surface area contributed by atoms with Gasteiger partial charge in [-0.3, -0.25) is 9.59 Å². The van der Waals surface area contributed by atoms with Gasteiger partial charge in [-0.15, -0.1) is 0 Å². The van der Waals surface area contributed by atoms with E-state index in [4.69, 9.17) is 14.6 Å². The molecule has 1 spiro atoms. The van der Waals surface area contributed by atoms with E-state index in [1.807, 2.05) is 0 Å². The molecule has 0 saturated carbocycles. The maximum atomic E-state index is 13.8. The molecule has 1 amide bonds. The van der Waals surface area contributed by atoms with Gasteiger partial charge in [0, 0.05) is 12.6 Å².